The molecule has 0 aromatic heterocycles. The predicted octanol–water partition coefficient (Wildman–Crippen LogP) is -0.142. The normalized spacial score (nSPS) is 15.1. The third kappa shape index (κ3) is 5.60. The Morgan fingerprint density at radius 1 is 1.62 bits per heavy atom. The minimum absolute atomic E-state index is 0.000748. The second kappa shape index (κ2) is 6.86. The zero-order valence-corrected chi connectivity index (χ0v) is 8.42. The molecule has 4 heteroatoms. The molecular formula is C9H20N2O2. The monoisotopic (exact) mass is 188 g/mol. The maximum Gasteiger partial charge on any atom is 0.220 e. The molecule has 0 heterocycles. The van der Waals surface area contributed by atoms with Gasteiger partial charge < -0.3 is 16.2 Å². The topological polar surface area (TPSA) is 75.3 Å². The Balaban J connectivity index is 3.72. The van der Waals surface area contributed by atoms with Crippen molar-refractivity contribution < 1.29 is 9.90 Å². The summed E-state index contributed by atoms with van der Waals surface area (Å²) in [5, 5.41) is 11.6. The third-order valence-corrected chi connectivity index (χ3v) is 2.01. The van der Waals surface area contributed by atoms with Crippen LogP contribution in [0.3, 0.4) is 0 Å². The standard InChI is InChI=1S/C9H20N2O2/c1-3-8(6-12)11-9(13)4-7(2)5-10/h7-8,12H,3-6,10H2,1-2H3,(H,11,13)/t7?,8-/m0/s1. The fraction of sp³-hybridized carbons (Fsp3) is 0.889. The summed E-state index contributed by atoms with van der Waals surface area (Å²) >= 11 is 0. The highest BCUT2D eigenvalue weighted by Crippen LogP contribution is 1.99. The van der Waals surface area contributed by atoms with Gasteiger partial charge in [0.05, 0.1) is 12.6 Å². The van der Waals surface area contributed by atoms with Crippen molar-refractivity contribution in [1.82, 2.24) is 5.32 Å². The van der Waals surface area contributed by atoms with E-state index in [-0.39, 0.29) is 24.5 Å². The van der Waals surface area contributed by atoms with Crippen LogP contribution in [0.2, 0.25) is 0 Å². The molecule has 0 fully saturated rings. The van der Waals surface area contributed by atoms with Gasteiger partial charge in [0.15, 0.2) is 0 Å². The Bertz CT molecular complexity index is 147. The highest BCUT2D eigenvalue weighted by Gasteiger charge is 2.11. The van der Waals surface area contributed by atoms with Gasteiger partial charge in [-0.2, -0.15) is 0 Å². The minimum Gasteiger partial charge on any atom is -0.394 e. The Morgan fingerprint density at radius 3 is 2.62 bits per heavy atom. The highest BCUT2D eigenvalue weighted by molar-refractivity contribution is 5.76. The molecule has 1 amide bonds. The maximum atomic E-state index is 11.3. The van der Waals surface area contributed by atoms with Crippen molar-refractivity contribution in [2.75, 3.05) is 13.2 Å². The van der Waals surface area contributed by atoms with Crippen LogP contribution in [-0.2, 0) is 4.79 Å². The zero-order chi connectivity index (χ0) is 10.3. The molecule has 0 aliphatic carbocycles. The lowest BCUT2D eigenvalue weighted by Gasteiger charge is -2.15. The number of amides is 1. The lowest BCUT2D eigenvalue weighted by atomic mass is 10.1. The highest BCUT2D eigenvalue weighted by atomic mass is 16.3. The van der Waals surface area contributed by atoms with Crippen molar-refractivity contribution in [2.24, 2.45) is 11.7 Å². The third-order valence-electron chi connectivity index (χ3n) is 2.01. The van der Waals surface area contributed by atoms with Gasteiger partial charge in [-0.1, -0.05) is 13.8 Å². The van der Waals surface area contributed by atoms with Crippen LogP contribution in [0.5, 0.6) is 0 Å². The molecular weight excluding hydrogens is 168 g/mol. The predicted molar refractivity (Wildman–Crippen MR) is 52.1 cm³/mol. The van der Waals surface area contributed by atoms with E-state index < -0.39 is 0 Å². The quantitative estimate of drug-likeness (QED) is 0.543. The SMILES string of the molecule is CC[C@@H](CO)NC(=O)CC(C)CN. The van der Waals surface area contributed by atoms with Gasteiger partial charge >= 0.3 is 0 Å². The van der Waals surface area contributed by atoms with Crippen molar-refractivity contribution in [2.45, 2.75) is 32.7 Å². The maximum absolute atomic E-state index is 11.3. The molecule has 1 unspecified atom stereocenters. The van der Waals surface area contributed by atoms with Gasteiger partial charge in [0.2, 0.25) is 5.91 Å². The first-order chi connectivity index (χ1) is 6.13. The number of aliphatic hydroxyl groups excluding tert-OH is 1. The molecule has 4 nitrogen and oxygen atoms in total. The minimum atomic E-state index is -0.113. The van der Waals surface area contributed by atoms with Gasteiger partial charge in [-0.05, 0) is 18.9 Å². The molecule has 0 spiro atoms. The largest absolute Gasteiger partial charge is 0.394 e. The molecule has 0 aliphatic heterocycles. The first kappa shape index (κ1) is 12.4. The Labute approximate surface area is 79.5 Å². The zero-order valence-electron chi connectivity index (χ0n) is 8.42. The summed E-state index contributed by atoms with van der Waals surface area (Å²) in [4.78, 5) is 11.3. The van der Waals surface area contributed by atoms with Crippen molar-refractivity contribution in [3.05, 3.63) is 0 Å². The Kier molecular flexibility index (Phi) is 6.54. The smallest absolute Gasteiger partial charge is 0.220 e. The lowest BCUT2D eigenvalue weighted by Crippen LogP contribution is -2.38. The molecule has 0 aromatic carbocycles. The van der Waals surface area contributed by atoms with Crippen molar-refractivity contribution in [1.29, 1.82) is 0 Å². The second-order valence-electron chi connectivity index (χ2n) is 3.40. The number of nitrogens with two attached hydrogens (primary N) is 1. The van der Waals surface area contributed by atoms with Gasteiger partial charge in [0, 0.05) is 6.42 Å². The number of rotatable bonds is 6. The van der Waals surface area contributed by atoms with Gasteiger partial charge in [-0.25, -0.2) is 0 Å². The summed E-state index contributed by atoms with van der Waals surface area (Å²) in [7, 11) is 0. The van der Waals surface area contributed by atoms with Crippen LogP contribution >= 0.6 is 0 Å². The number of carbonyl (C=O) groups excluding carboxylic acids is 1. The number of nitrogens with one attached hydrogen (secondary N) is 1. The van der Waals surface area contributed by atoms with Gasteiger partial charge in [-0.3, -0.25) is 4.79 Å². The van der Waals surface area contributed by atoms with E-state index in [9.17, 15) is 4.79 Å². The Hall–Kier alpha value is -0.610. The van der Waals surface area contributed by atoms with Crippen LogP contribution in [0.4, 0.5) is 0 Å². The molecule has 0 rings (SSSR count). The average Bonchev–Trinajstić information content (AvgIpc) is 2.13. The molecule has 78 valence electrons. The first-order valence-corrected chi connectivity index (χ1v) is 4.74. The summed E-state index contributed by atoms with van der Waals surface area (Å²) in [6.45, 7) is 4.37. The summed E-state index contributed by atoms with van der Waals surface area (Å²) in [5.41, 5.74) is 5.39. The van der Waals surface area contributed by atoms with Crippen LogP contribution in [0, 0.1) is 5.92 Å². The van der Waals surface area contributed by atoms with Crippen molar-refractivity contribution in [3.8, 4) is 0 Å². The molecule has 0 saturated heterocycles. The van der Waals surface area contributed by atoms with Gasteiger partial charge in [-0.15, -0.1) is 0 Å². The van der Waals surface area contributed by atoms with Crippen LogP contribution in [-0.4, -0.2) is 30.2 Å². The molecule has 13 heavy (non-hydrogen) atoms. The van der Waals surface area contributed by atoms with Gasteiger partial charge in [0.1, 0.15) is 0 Å². The van der Waals surface area contributed by atoms with Crippen LogP contribution in [0.1, 0.15) is 26.7 Å². The fourth-order valence-electron chi connectivity index (χ4n) is 0.963. The molecule has 4 N–H and O–H groups in total. The van der Waals surface area contributed by atoms with E-state index >= 15 is 0 Å². The van der Waals surface area contributed by atoms with Crippen molar-refractivity contribution >= 4 is 5.91 Å². The van der Waals surface area contributed by atoms with E-state index in [1.54, 1.807) is 0 Å². The number of hydrogen-bond acceptors (Lipinski definition) is 3. The van der Waals surface area contributed by atoms with Crippen molar-refractivity contribution in [3.63, 3.8) is 0 Å². The van der Waals surface area contributed by atoms with E-state index in [0.29, 0.717) is 13.0 Å². The number of carbonyl (C=O) groups is 1. The van der Waals surface area contributed by atoms with Crippen LogP contribution < -0.4 is 11.1 Å². The fourth-order valence-corrected chi connectivity index (χ4v) is 0.963. The van der Waals surface area contributed by atoms with E-state index in [2.05, 4.69) is 5.32 Å². The van der Waals surface area contributed by atoms with Crippen LogP contribution in [0.15, 0.2) is 0 Å². The summed E-state index contributed by atoms with van der Waals surface area (Å²) in [6, 6.07) is -0.113. The van der Waals surface area contributed by atoms with E-state index in [1.165, 1.54) is 0 Å². The second-order valence-corrected chi connectivity index (χ2v) is 3.40. The molecule has 0 saturated carbocycles. The molecule has 2 atom stereocenters. The van der Waals surface area contributed by atoms with E-state index in [4.69, 9.17) is 10.8 Å². The van der Waals surface area contributed by atoms with E-state index in [0.717, 1.165) is 6.42 Å². The molecule has 0 bridgehead atoms. The molecule has 0 aliphatic rings. The summed E-state index contributed by atoms with van der Waals surface area (Å²) in [6.07, 6.45) is 1.19. The summed E-state index contributed by atoms with van der Waals surface area (Å²) in [5.74, 6) is 0.176. The first-order valence-electron chi connectivity index (χ1n) is 4.74. The number of aliphatic hydroxyl groups is 1. The molecule has 0 radical (unpaired) electrons. The molecule has 0 aromatic rings. The Morgan fingerprint density at radius 2 is 2.23 bits per heavy atom. The number of hydrogen-bond donors (Lipinski definition) is 3. The summed E-state index contributed by atoms with van der Waals surface area (Å²) < 4.78 is 0. The lowest BCUT2D eigenvalue weighted by molar-refractivity contribution is -0.122. The van der Waals surface area contributed by atoms with Crippen LogP contribution in [0.25, 0.3) is 0 Å². The average molecular weight is 188 g/mol. The van der Waals surface area contributed by atoms with Gasteiger partial charge in [0.25, 0.3) is 0 Å². The van der Waals surface area contributed by atoms with E-state index in [1.807, 2.05) is 13.8 Å².